The number of halogens is 1. The van der Waals surface area contributed by atoms with E-state index in [0.717, 1.165) is 6.07 Å². The number of rotatable bonds is 5. The molecule has 5 nitrogen and oxygen atoms in total. The molecule has 1 rings (SSSR count). The van der Waals surface area contributed by atoms with Crippen molar-refractivity contribution >= 4 is 27.6 Å². The standard InChI is InChI=1S/C12H16ClNO4S/c1-4-14(8(2)3)19(17,18)9-5-6-11(13)10(7-9)12(15)16/h5-8H,4H2,1-3H3,(H,15,16). The van der Waals surface area contributed by atoms with Crippen LogP contribution in [-0.4, -0.2) is 36.4 Å². The van der Waals surface area contributed by atoms with Crippen LogP contribution in [0.2, 0.25) is 5.02 Å². The van der Waals surface area contributed by atoms with Crippen molar-refractivity contribution in [1.29, 1.82) is 0 Å². The van der Waals surface area contributed by atoms with Crippen LogP contribution in [0.3, 0.4) is 0 Å². The van der Waals surface area contributed by atoms with Crippen molar-refractivity contribution in [3.05, 3.63) is 28.8 Å². The van der Waals surface area contributed by atoms with Gasteiger partial charge in [-0.15, -0.1) is 0 Å². The van der Waals surface area contributed by atoms with E-state index in [1.165, 1.54) is 16.4 Å². The maximum Gasteiger partial charge on any atom is 0.337 e. The van der Waals surface area contributed by atoms with Gasteiger partial charge in [0.05, 0.1) is 15.5 Å². The Bertz CT molecular complexity index is 583. The van der Waals surface area contributed by atoms with Gasteiger partial charge < -0.3 is 5.11 Å². The zero-order valence-corrected chi connectivity index (χ0v) is 12.5. The quantitative estimate of drug-likeness (QED) is 0.906. The summed E-state index contributed by atoms with van der Waals surface area (Å²) in [7, 11) is -3.71. The highest BCUT2D eigenvalue weighted by Gasteiger charge is 2.26. The molecule has 0 heterocycles. The molecule has 0 spiro atoms. The minimum atomic E-state index is -3.71. The fraction of sp³-hybridized carbons (Fsp3) is 0.417. The van der Waals surface area contributed by atoms with Gasteiger partial charge in [-0.3, -0.25) is 0 Å². The van der Waals surface area contributed by atoms with E-state index in [1.807, 2.05) is 0 Å². The van der Waals surface area contributed by atoms with Gasteiger partial charge in [0.1, 0.15) is 0 Å². The van der Waals surface area contributed by atoms with E-state index in [0.29, 0.717) is 6.54 Å². The number of carboxylic acid groups (broad SMARTS) is 1. The van der Waals surface area contributed by atoms with Gasteiger partial charge in [-0.2, -0.15) is 4.31 Å². The van der Waals surface area contributed by atoms with Crippen molar-refractivity contribution < 1.29 is 18.3 Å². The number of benzene rings is 1. The molecule has 0 aromatic heterocycles. The molecule has 0 atom stereocenters. The lowest BCUT2D eigenvalue weighted by Gasteiger charge is -2.24. The van der Waals surface area contributed by atoms with E-state index in [9.17, 15) is 13.2 Å². The van der Waals surface area contributed by atoms with E-state index < -0.39 is 16.0 Å². The van der Waals surface area contributed by atoms with E-state index in [2.05, 4.69) is 0 Å². The normalized spacial score (nSPS) is 12.1. The number of hydrogen-bond donors (Lipinski definition) is 1. The molecule has 0 saturated heterocycles. The van der Waals surface area contributed by atoms with Gasteiger partial charge in [0.2, 0.25) is 10.0 Å². The number of aromatic carboxylic acids is 1. The number of nitrogens with zero attached hydrogens (tertiary/aromatic N) is 1. The zero-order chi connectivity index (χ0) is 14.8. The van der Waals surface area contributed by atoms with E-state index in [-0.39, 0.29) is 21.5 Å². The summed E-state index contributed by atoms with van der Waals surface area (Å²) in [5.74, 6) is -1.25. The van der Waals surface area contributed by atoms with Crippen LogP contribution < -0.4 is 0 Å². The molecule has 0 aliphatic rings. The Morgan fingerprint density at radius 1 is 1.42 bits per heavy atom. The first-order valence-electron chi connectivity index (χ1n) is 5.76. The number of hydrogen-bond acceptors (Lipinski definition) is 3. The van der Waals surface area contributed by atoms with Gasteiger partial charge in [0.25, 0.3) is 0 Å². The summed E-state index contributed by atoms with van der Waals surface area (Å²) in [6.07, 6.45) is 0. The molecule has 1 N–H and O–H groups in total. The number of carboxylic acids is 1. The average Bonchev–Trinajstić information content (AvgIpc) is 2.28. The molecule has 0 amide bonds. The van der Waals surface area contributed by atoms with Crippen LogP contribution in [-0.2, 0) is 10.0 Å². The molecule has 0 aliphatic carbocycles. The Kier molecular flexibility index (Phi) is 4.95. The van der Waals surface area contributed by atoms with Crippen LogP contribution in [0, 0.1) is 0 Å². The Labute approximate surface area is 117 Å². The Morgan fingerprint density at radius 3 is 2.42 bits per heavy atom. The van der Waals surface area contributed by atoms with E-state index >= 15 is 0 Å². The molecule has 1 aromatic carbocycles. The van der Waals surface area contributed by atoms with Crippen molar-refractivity contribution in [2.75, 3.05) is 6.54 Å². The average molecular weight is 306 g/mol. The summed E-state index contributed by atoms with van der Waals surface area (Å²) in [4.78, 5) is 10.9. The molecule has 0 aliphatic heterocycles. The summed E-state index contributed by atoms with van der Waals surface area (Å²) in [5, 5.41) is 8.98. The lowest BCUT2D eigenvalue weighted by Crippen LogP contribution is -2.36. The molecule has 0 bridgehead atoms. The van der Waals surface area contributed by atoms with Gasteiger partial charge in [-0.25, -0.2) is 13.2 Å². The summed E-state index contributed by atoms with van der Waals surface area (Å²) >= 11 is 5.73. The number of sulfonamides is 1. The van der Waals surface area contributed by atoms with Gasteiger partial charge >= 0.3 is 5.97 Å². The third-order valence-corrected chi connectivity index (χ3v) is 5.14. The second-order valence-corrected chi connectivity index (χ2v) is 6.55. The first kappa shape index (κ1) is 15.9. The highest BCUT2D eigenvalue weighted by molar-refractivity contribution is 7.89. The summed E-state index contributed by atoms with van der Waals surface area (Å²) in [6, 6.07) is 3.48. The molecular weight excluding hydrogens is 290 g/mol. The molecule has 0 unspecified atom stereocenters. The summed E-state index contributed by atoms with van der Waals surface area (Å²) < 4.78 is 26.1. The summed E-state index contributed by atoms with van der Waals surface area (Å²) in [6.45, 7) is 5.56. The van der Waals surface area contributed by atoms with Crippen LogP contribution in [0.15, 0.2) is 23.1 Å². The zero-order valence-electron chi connectivity index (χ0n) is 10.9. The third kappa shape index (κ3) is 3.26. The SMILES string of the molecule is CCN(C(C)C)S(=O)(=O)c1ccc(Cl)c(C(=O)O)c1. The van der Waals surface area contributed by atoms with Gasteiger partial charge in [-0.05, 0) is 32.0 Å². The lowest BCUT2D eigenvalue weighted by molar-refractivity contribution is 0.0697. The fourth-order valence-corrected chi connectivity index (χ4v) is 3.65. The largest absolute Gasteiger partial charge is 0.478 e. The Hall–Kier alpha value is -1.11. The molecule has 0 radical (unpaired) electrons. The first-order chi connectivity index (χ1) is 8.71. The van der Waals surface area contributed by atoms with Gasteiger partial charge in [0.15, 0.2) is 0 Å². The maximum atomic E-state index is 12.4. The molecule has 106 valence electrons. The molecule has 7 heteroatoms. The molecule has 0 fully saturated rings. The van der Waals surface area contributed by atoms with E-state index in [1.54, 1.807) is 20.8 Å². The topological polar surface area (TPSA) is 74.7 Å². The fourth-order valence-electron chi connectivity index (χ4n) is 1.78. The monoisotopic (exact) mass is 305 g/mol. The number of carbonyl (C=O) groups is 1. The molecule has 19 heavy (non-hydrogen) atoms. The smallest absolute Gasteiger partial charge is 0.337 e. The van der Waals surface area contributed by atoms with Crippen LogP contribution in [0.4, 0.5) is 0 Å². The minimum Gasteiger partial charge on any atom is -0.478 e. The molecule has 0 saturated carbocycles. The Morgan fingerprint density at radius 2 is 2.00 bits per heavy atom. The van der Waals surface area contributed by atoms with E-state index in [4.69, 9.17) is 16.7 Å². The predicted molar refractivity (Wildman–Crippen MR) is 73.1 cm³/mol. The van der Waals surface area contributed by atoms with Crippen LogP contribution in [0.25, 0.3) is 0 Å². The van der Waals surface area contributed by atoms with Gasteiger partial charge in [0, 0.05) is 12.6 Å². The first-order valence-corrected chi connectivity index (χ1v) is 7.58. The molecule has 1 aromatic rings. The summed E-state index contributed by atoms with van der Waals surface area (Å²) in [5.41, 5.74) is -0.220. The lowest BCUT2D eigenvalue weighted by atomic mass is 10.2. The Balaban J connectivity index is 3.37. The highest BCUT2D eigenvalue weighted by atomic mass is 35.5. The molecular formula is C12H16ClNO4S. The van der Waals surface area contributed by atoms with Crippen molar-refractivity contribution in [3.8, 4) is 0 Å². The minimum absolute atomic E-state index is 0.0130. The predicted octanol–water partition coefficient (Wildman–Crippen LogP) is 2.46. The van der Waals surface area contributed by atoms with Crippen LogP contribution >= 0.6 is 11.6 Å². The van der Waals surface area contributed by atoms with Crippen LogP contribution in [0.5, 0.6) is 0 Å². The van der Waals surface area contributed by atoms with Crippen molar-refractivity contribution in [2.24, 2.45) is 0 Å². The van der Waals surface area contributed by atoms with Crippen molar-refractivity contribution in [2.45, 2.75) is 31.7 Å². The maximum absolute atomic E-state index is 12.4. The second-order valence-electron chi connectivity index (χ2n) is 4.25. The van der Waals surface area contributed by atoms with Crippen molar-refractivity contribution in [1.82, 2.24) is 4.31 Å². The van der Waals surface area contributed by atoms with Crippen molar-refractivity contribution in [3.63, 3.8) is 0 Å². The van der Waals surface area contributed by atoms with Crippen LogP contribution in [0.1, 0.15) is 31.1 Å². The highest BCUT2D eigenvalue weighted by Crippen LogP contribution is 2.24. The third-order valence-electron chi connectivity index (χ3n) is 2.66. The second kappa shape index (κ2) is 5.90. The van der Waals surface area contributed by atoms with Gasteiger partial charge in [-0.1, -0.05) is 18.5 Å².